The van der Waals surface area contributed by atoms with Gasteiger partial charge in [-0.15, -0.1) is 0 Å². The Bertz CT molecular complexity index is 349. The number of alkyl halides is 2. The van der Waals surface area contributed by atoms with Crippen LogP contribution in [-0.4, -0.2) is 4.98 Å². The molecule has 1 N–H and O–H groups in total. The zero-order chi connectivity index (χ0) is 9.30. The molecule has 0 amide bonds. The van der Waals surface area contributed by atoms with Crippen molar-refractivity contribution >= 4 is 11.6 Å². The minimum atomic E-state index is -2.95. The Morgan fingerprint density at radius 1 is 1.50 bits per heavy atom. The molecule has 6 heteroatoms. The molecule has 0 radical (unpaired) electrons. The summed E-state index contributed by atoms with van der Waals surface area (Å²) in [5, 5.41) is -0.840. The number of pyridine rings is 1. The Kier molecular flexibility index (Phi) is 2.42. The molecular weight excluding hydrogens is 195 g/mol. The maximum Gasteiger partial charge on any atom is 0.269 e. The SMILES string of the molecule is O=c1c(C(F)F)c[nH]c(F)c1Cl. The highest BCUT2D eigenvalue weighted by atomic mass is 35.5. The Morgan fingerprint density at radius 3 is 2.58 bits per heavy atom. The maximum absolute atomic E-state index is 12.4. The smallest absolute Gasteiger partial charge is 0.269 e. The predicted molar refractivity (Wildman–Crippen MR) is 37.0 cm³/mol. The summed E-state index contributed by atoms with van der Waals surface area (Å²) in [5.41, 5.74) is -2.01. The van der Waals surface area contributed by atoms with Crippen molar-refractivity contribution in [2.24, 2.45) is 0 Å². The second kappa shape index (κ2) is 3.18. The third kappa shape index (κ3) is 1.45. The fourth-order valence-electron chi connectivity index (χ4n) is 0.659. The number of hydrogen-bond donors (Lipinski definition) is 1. The van der Waals surface area contributed by atoms with Crippen LogP contribution in [0.15, 0.2) is 11.0 Å². The molecular formula is C6H3ClF3NO. The minimum Gasteiger partial charge on any atom is -0.337 e. The number of halogens is 4. The van der Waals surface area contributed by atoms with Crippen LogP contribution < -0.4 is 5.43 Å². The van der Waals surface area contributed by atoms with Crippen molar-refractivity contribution in [2.75, 3.05) is 0 Å². The fraction of sp³-hybridized carbons (Fsp3) is 0.167. The first-order valence-corrected chi connectivity index (χ1v) is 3.26. The molecule has 1 aromatic heterocycles. The van der Waals surface area contributed by atoms with Gasteiger partial charge in [0.2, 0.25) is 11.4 Å². The van der Waals surface area contributed by atoms with E-state index in [-0.39, 0.29) is 0 Å². The molecule has 0 unspecified atom stereocenters. The molecule has 0 saturated carbocycles. The van der Waals surface area contributed by atoms with E-state index in [2.05, 4.69) is 0 Å². The summed E-state index contributed by atoms with van der Waals surface area (Å²) in [6.45, 7) is 0. The molecule has 1 aromatic rings. The van der Waals surface area contributed by atoms with Gasteiger partial charge in [-0.2, -0.15) is 4.39 Å². The summed E-state index contributed by atoms with van der Waals surface area (Å²) in [7, 11) is 0. The molecule has 0 aliphatic rings. The number of rotatable bonds is 1. The zero-order valence-corrected chi connectivity index (χ0v) is 6.33. The number of H-pyrrole nitrogens is 1. The van der Waals surface area contributed by atoms with E-state index >= 15 is 0 Å². The first kappa shape index (κ1) is 9.12. The second-order valence-corrected chi connectivity index (χ2v) is 2.38. The van der Waals surface area contributed by atoms with Crippen LogP contribution >= 0.6 is 11.6 Å². The van der Waals surface area contributed by atoms with Crippen molar-refractivity contribution in [3.8, 4) is 0 Å². The van der Waals surface area contributed by atoms with Gasteiger partial charge < -0.3 is 4.98 Å². The zero-order valence-electron chi connectivity index (χ0n) is 5.57. The summed E-state index contributed by atoms with van der Waals surface area (Å²) in [4.78, 5) is 12.6. The van der Waals surface area contributed by atoms with Crippen LogP contribution in [0, 0.1) is 5.95 Å². The lowest BCUT2D eigenvalue weighted by Gasteiger charge is -1.98. The van der Waals surface area contributed by atoms with Crippen LogP contribution in [-0.2, 0) is 0 Å². The highest BCUT2D eigenvalue weighted by Gasteiger charge is 2.16. The van der Waals surface area contributed by atoms with E-state index in [0.717, 1.165) is 0 Å². The molecule has 0 fully saturated rings. The normalized spacial score (nSPS) is 10.8. The van der Waals surface area contributed by atoms with E-state index < -0.39 is 28.4 Å². The largest absolute Gasteiger partial charge is 0.337 e. The van der Waals surface area contributed by atoms with Crippen LogP contribution in [0.1, 0.15) is 12.0 Å². The highest BCUT2D eigenvalue weighted by molar-refractivity contribution is 6.30. The van der Waals surface area contributed by atoms with Crippen molar-refractivity contribution in [1.82, 2.24) is 4.98 Å². The summed E-state index contributed by atoms with van der Waals surface area (Å²) in [6.07, 6.45) is -2.35. The topological polar surface area (TPSA) is 32.9 Å². The van der Waals surface area contributed by atoms with E-state index in [9.17, 15) is 18.0 Å². The third-order valence-electron chi connectivity index (χ3n) is 1.24. The van der Waals surface area contributed by atoms with E-state index in [1.807, 2.05) is 4.98 Å². The molecule has 0 saturated heterocycles. The number of hydrogen-bond acceptors (Lipinski definition) is 1. The summed E-state index contributed by atoms with van der Waals surface area (Å²) in [5.74, 6) is -1.11. The van der Waals surface area contributed by atoms with Gasteiger partial charge in [0.25, 0.3) is 6.43 Å². The molecule has 0 atom stereocenters. The van der Waals surface area contributed by atoms with Crippen molar-refractivity contribution in [1.29, 1.82) is 0 Å². The van der Waals surface area contributed by atoms with E-state index in [0.29, 0.717) is 6.20 Å². The standard InChI is InChI=1S/C6H3ClF3NO/c7-3-4(12)2(5(8)9)1-11-6(3)10/h1,5H,(H,11,12). The molecule has 0 bridgehead atoms. The molecule has 0 spiro atoms. The third-order valence-corrected chi connectivity index (χ3v) is 1.58. The van der Waals surface area contributed by atoms with Crippen LogP contribution in [0.2, 0.25) is 5.02 Å². The predicted octanol–water partition coefficient (Wildman–Crippen LogP) is 2.10. The van der Waals surface area contributed by atoms with Crippen molar-refractivity contribution in [3.63, 3.8) is 0 Å². The van der Waals surface area contributed by atoms with Crippen molar-refractivity contribution < 1.29 is 13.2 Å². The maximum atomic E-state index is 12.4. The van der Waals surface area contributed by atoms with Gasteiger partial charge in [-0.1, -0.05) is 11.6 Å². The van der Waals surface area contributed by atoms with Gasteiger partial charge in [0, 0.05) is 6.20 Å². The lowest BCUT2D eigenvalue weighted by atomic mass is 10.3. The molecule has 0 aliphatic heterocycles. The first-order chi connectivity index (χ1) is 5.54. The monoisotopic (exact) mass is 197 g/mol. The Labute approximate surface area is 70.0 Å². The molecule has 12 heavy (non-hydrogen) atoms. The summed E-state index contributed by atoms with van der Waals surface area (Å²) >= 11 is 5.07. The lowest BCUT2D eigenvalue weighted by Crippen LogP contribution is -2.12. The van der Waals surface area contributed by atoms with Gasteiger partial charge in [0.15, 0.2) is 0 Å². The molecule has 0 aliphatic carbocycles. The van der Waals surface area contributed by atoms with Gasteiger partial charge in [-0.3, -0.25) is 4.79 Å². The second-order valence-electron chi connectivity index (χ2n) is 2.00. The molecule has 66 valence electrons. The van der Waals surface area contributed by atoms with Gasteiger partial charge in [0.05, 0.1) is 5.56 Å². The average Bonchev–Trinajstić information content (AvgIpc) is 2.00. The minimum absolute atomic E-state index is 0.605. The Balaban J connectivity index is 3.37. The van der Waals surface area contributed by atoms with E-state index in [4.69, 9.17) is 11.6 Å². The lowest BCUT2D eigenvalue weighted by molar-refractivity contribution is 0.149. The van der Waals surface area contributed by atoms with Crippen LogP contribution in [0.4, 0.5) is 13.2 Å². The van der Waals surface area contributed by atoms with E-state index in [1.54, 1.807) is 0 Å². The number of nitrogens with one attached hydrogen (secondary N) is 1. The average molecular weight is 198 g/mol. The van der Waals surface area contributed by atoms with Crippen LogP contribution in [0.3, 0.4) is 0 Å². The van der Waals surface area contributed by atoms with Crippen LogP contribution in [0.5, 0.6) is 0 Å². The summed E-state index contributed by atoms with van der Waals surface area (Å²) in [6, 6.07) is 0. The molecule has 0 aromatic carbocycles. The van der Waals surface area contributed by atoms with Gasteiger partial charge >= 0.3 is 0 Å². The number of aromatic nitrogens is 1. The van der Waals surface area contributed by atoms with Crippen LogP contribution in [0.25, 0.3) is 0 Å². The fourth-order valence-corrected chi connectivity index (χ4v) is 0.822. The Morgan fingerprint density at radius 2 is 2.08 bits per heavy atom. The first-order valence-electron chi connectivity index (χ1n) is 2.88. The highest BCUT2D eigenvalue weighted by Crippen LogP contribution is 2.16. The van der Waals surface area contributed by atoms with Gasteiger partial charge in [0.1, 0.15) is 5.02 Å². The van der Waals surface area contributed by atoms with Gasteiger partial charge in [-0.25, -0.2) is 8.78 Å². The van der Waals surface area contributed by atoms with Crippen molar-refractivity contribution in [2.45, 2.75) is 6.43 Å². The Hall–Kier alpha value is -0.970. The van der Waals surface area contributed by atoms with Crippen molar-refractivity contribution in [3.05, 3.63) is 33.0 Å². The molecule has 2 nitrogen and oxygen atoms in total. The number of aromatic amines is 1. The quantitative estimate of drug-likeness (QED) is 0.687. The van der Waals surface area contributed by atoms with E-state index in [1.165, 1.54) is 0 Å². The molecule has 1 heterocycles. The molecule has 1 rings (SSSR count). The van der Waals surface area contributed by atoms with Gasteiger partial charge in [-0.05, 0) is 0 Å². The summed E-state index contributed by atoms with van der Waals surface area (Å²) < 4.78 is 36.3.